The fourth-order valence-corrected chi connectivity index (χ4v) is 1.96. The fraction of sp³-hybridized carbons (Fsp3) is 0.286. The maximum Gasteiger partial charge on any atom is 0.119 e. The van der Waals surface area contributed by atoms with Crippen molar-refractivity contribution in [3.8, 4) is 5.75 Å². The lowest BCUT2D eigenvalue weighted by atomic mass is 9.98. The molecule has 0 aliphatic heterocycles. The molecule has 0 amide bonds. The van der Waals surface area contributed by atoms with Gasteiger partial charge in [0.2, 0.25) is 0 Å². The molecule has 0 aliphatic carbocycles. The predicted octanol–water partition coefficient (Wildman–Crippen LogP) is 2.83. The second-order valence-corrected chi connectivity index (χ2v) is 4.30. The SMILES string of the molecule is C[C@@H](N)CCc1c(O)ccc2ccccc12. The van der Waals surface area contributed by atoms with Gasteiger partial charge in [0.25, 0.3) is 0 Å². The number of aryl methyl sites for hydroxylation is 1. The Morgan fingerprint density at radius 3 is 2.69 bits per heavy atom. The Labute approximate surface area is 95.7 Å². The number of aromatic hydroxyl groups is 1. The van der Waals surface area contributed by atoms with Crippen molar-refractivity contribution in [2.24, 2.45) is 5.73 Å². The van der Waals surface area contributed by atoms with Crippen LogP contribution in [0.15, 0.2) is 36.4 Å². The number of nitrogens with two attached hydrogens (primary N) is 1. The summed E-state index contributed by atoms with van der Waals surface area (Å²) in [6, 6.07) is 12.0. The number of hydrogen-bond donors (Lipinski definition) is 2. The van der Waals surface area contributed by atoms with Crippen molar-refractivity contribution in [3.63, 3.8) is 0 Å². The minimum Gasteiger partial charge on any atom is -0.508 e. The minimum absolute atomic E-state index is 0.165. The van der Waals surface area contributed by atoms with Crippen LogP contribution in [-0.2, 0) is 6.42 Å². The zero-order chi connectivity index (χ0) is 11.5. The van der Waals surface area contributed by atoms with E-state index in [1.165, 1.54) is 5.39 Å². The average molecular weight is 215 g/mol. The molecule has 0 saturated carbocycles. The topological polar surface area (TPSA) is 46.2 Å². The molecule has 3 N–H and O–H groups in total. The molecule has 0 bridgehead atoms. The number of fused-ring (bicyclic) bond motifs is 1. The molecule has 0 unspecified atom stereocenters. The molecule has 2 nitrogen and oxygen atoms in total. The third kappa shape index (κ3) is 2.17. The third-order valence-corrected chi connectivity index (χ3v) is 2.87. The van der Waals surface area contributed by atoms with Gasteiger partial charge in [-0.05, 0) is 36.6 Å². The Kier molecular flexibility index (Phi) is 3.11. The summed E-state index contributed by atoms with van der Waals surface area (Å²) < 4.78 is 0. The van der Waals surface area contributed by atoms with Crippen molar-refractivity contribution in [3.05, 3.63) is 42.0 Å². The zero-order valence-corrected chi connectivity index (χ0v) is 9.48. The number of benzene rings is 2. The highest BCUT2D eigenvalue weighted by atomic mass is 16.3. The molecule has 0 fully saturated rings. The summed E-state index contributed by atoms with van der Waals surface area (Å²) in [5, 5.41) is 12.2. The molecule has 2 rings (SSSR count). The average Bonchev–Trinajstić information content (AvgIpc) is 2.27. The zero-order valence-electron chi connectivity index (χ0n) is 9.48. The van der Waals surface area contributed by atoms with Crippen molar-refractivity contribution in [1.29, 1.82) is 0 Å². The number of hydrogen-bond acceptors (Lipinski definition) is 2. The van der Waals surface area contributed by atoms with Gasteiger partial charge in [-0.2, -0.15) is 0 Å². The van der Waals surface area contributed by atoms with E-state index in [-0.39, 0.29) is 6.04 Å². The van der Waals surface area contributed by atoms with Gasteiger partial charge >= 0.3 is 0 Å². The van der Waals surface area contributed by atoms with E-state index in [1.54, 1.807) is 6.07 Å². The summed E-state index contributed by atoms with van der Waals surface area (Å²) in [5.74, 6) is 0.374. The van der Waals surface area contributed by atoms with Gasteiger partial charge in [0.1, 0.15) is 5.75 Å². The van der Waals surface area contributed by atoms with E-state index < -0.39 is 0 Å². The van der Waals surface area contributed by atoms with Crippen LogP contribution in [0.3, 0.4) is 0 Å². The molecule has 0 spiro atoms. The van der Waals surface area contributed by atoms with E-state index in [0.717, 1.165) is 23.8 Å². The number of phenols is 1. The third-order valence-electron chi connectivity index (χ3n) is 2.87. The van der Waals surface area contributed by atoms with Crippen LogP contribution in [-0.4, -0.2) is 11.1 Å². The molecule has 0 aromatic heterocycles. The van der Waals surface area contributed by atoms with E-state index in [4.69, 9.17) is 5.73 Å². The highest BCUT2D eigenvalue weighted by Gasteiger charge is 2.07. The quantitative estimate of drug-likeness (QED) is 0.827. The van der Waals surface area contributed by atoms with Crippen LogP contribution >= 0.6 is 0 Å². The van der Waals surface area contributed by atoms with E-state index >= 15 is 0 Å². The van der Waals surface area contributed by atoms with Crippen molar-refractivity contribution in [2.75, 3.05) is 0 Å². The van der Waals surface area contributed by atoms with Crippen molar-refractivity contribution in [2.45, 2.75) is 25.8 Å². The van der Waals surface area contributed by atoms with Gasteiger partial charge in [0, 0.05) is 11.6 Å². The van der Waals surface area contributed by atoms with E-state index in [2.05, 4.69) is 6.07 Å². The summed E-state index contributed by atoms with van der Waals surface area (Å²) in [5.41, 5.74) is 6.76. The first kappa shape index (κ1) is 11.0. The lowest BCUT2D eigenvalue weighted by Crippen LogP contribution is -2.15. The molecule has 2 aromatic carbocycles. The van der Waals surface area contributed by atoms with E-state index in [9.17, 15) is 5.11 Å². The molecule has 0 aliphatic rings. The Hall–Kier alpha value is -1.54. The first-order valence-electron chi connectivity index (χ1n) is 5.63. The van der Waals surface area contributed by atoms with Gasteiger partial charge in [0.05, 0.1) is 0 Å². The highest BCUT2D eigenvalue weighted by molar-refractivity contribution is 5.87. The summed E-state index contributed by atoms with van der Waals surface area (Å²) in [7, 11) is 0. The summed E-state index contributed by atoms with van der Waals surface area (Å²) >= 11 is 0. The normalized spacial score (nSPS) is 12.9. The Morgan fingerprint density at radius 2 is 1.94 bits per heavy atom. The standard InChI is InChI=1S/C14H17NO/c1-10(15)6-8-13-12-5-3-2-4-11(12)7-9-14(13)16/h2-5,7,9-10,16H,6,8,15H2,1H3/t10-/m1/s1. The summed E-state index contributed by atoms with van der Waals surface area (Å²) in [6.07, 6.45) is 1.71. The number of rotatable bonds is 3. The van der Waals surface area contributed by atoms with Gasteiger partial charge in [-0.3, -0.25) is 0 Å². The van der Waals surface area contributed by atoms with Gasteiger partial charge < -0.3 is 10.8 Å². The maximum absolute atomic E-state index is 9.88. The highest BCUT2D eigenvalue weighted by Crippen LogP contribution is 2.28. The van der Waals surface area contributed by atoms with Crippen LogP contribution in [0, 0.1) is 0 Å². The minimum atomic E-state index is 0.165. The number of phenolic OH excluding ortho intramolecular Hbond substituents is 1. The smallest absolute Gasteiger partial charge is 0.119 e. The van der Waals surface area contributed by atoms with Crippen LogP contribution in [0.25, 0.3) is 10.8 Å². The first-order chi connectivity index (χ1) is 7.68. The van der Waals surface area contributed by atoms with Crippen LogP contribution in [0.4, 0.5) is 0 Å². The Balaban J connectivity index is 2.44. The maximum atomic E-state index is 9.88. The lowest BCUT2D eigenvalue weighted by Gasteiger charge is -2.10. The summed E-state index contributed by atoms with van der Waals surface area (Å²) in [4.78, 5) is 0. The van der Waals surface area contributed by atoms with Gasteiger partial charge in [-0.15, -0.1) is 0 Å². The monoisotopic (exact) mass is 215 g/mol. The second-order valence-electron chi connectivity index (χ2n) is 4.30. The molecule has 2 aromatic rings. The van der Waals surface area contributed by atoms with Crippen molar-refractivity contribution in [1.82, 2.24) is 0 Å². The summed E-state index contributed by atoms with van der Waals surface area (Å²) in [6.45, 7) is 1.99. The molecule has 16 heavy (non-hydrogen) atoms. The van der Waals surface area contributed by atoms with E-state index in [0.29, 0.717) is 5.75 Å². The molecular weight excluding hydrogens is 198 g/mol. The van der Waals surface area contributed by atoms with Gasteiger partial charge in [0.15, 0.2) is 0 Å². The molecule has 1 atom stereocenters. The van der Waals surface area contributed by atoms with E-state index in [1.807, 2.05) is 31.2 Å². The van der Waals surface area contributed by atoms with Crippen LogP contribution in [0.1, 0.15) is 18.9 Å². The molecule has 2 heteroatoms. The van der Waals surface area contributed by atoms with Gasteiger partial charge in [-0.1, -0.05) is 30.3 Å². The van der Waals surface area contributed by atoms with Crippen LogP contribution in [0.5, 0.6) is 5.75 Å². The molecule has 0 saturated heterocycles. The van der Waals surface area contributed by atoms with Crippen molar-refractivity contribution >= 4 is 10.8 Å². The lowest BCUT2D eigenvalue weighted by molar-refractivity contribution is 0.467. The molecule has 0 radical (unpaired) electrons. The second kappa shape index (κ2) is 4.54. The molecule has 0 heterocycles. The first-order valence-corrected chi connectivity index (χ1v) is 5.63. The largest absolute Gasteiger partial charge is 0.508 e. The predicted molar refractivity (Wildman–Crippen MR) is 67.6 cm³/mol. The Morgan fingerprint density at radius 1 is 1.19 bits per heavy atom. The molecular formula is C14H17NO. The Bertz CT molecular complexity index is 491. The van der Waals surface area contributed by atoms with Gasteiger partial charge in [-0.25, -0.2) is 0 Å². The fourth-order valence-electron chi connectivity index (χ4n) is 1.96. The van der Waals surface area contributed by atoms with Crippen LogP contribution in [0.2, 0.25) is 0 Å². The van der Waals surface area contributed by atoms with Crippen LogP contribution < -0.4 is 5.73 Å². The van der Waals surface area contributed by atoms with Crippen molar-refractivity contribution < 1.29 is 5.11 Å². The molecule has 84 valence electrons.